The molecular weight excluding hydrogens is 276 g/mol. The summed E-state index contributed by atoms with van der Waals surface area (Å²) in [4.78, 5) is 0. The molecule has 0 aliphatic rings. The van der Waals surface area contributed by atoms with Gasteiger partial charge in [-0.15, -0.1) is 0 Å². The fourth-order valence-corrected chi connectivity index (χ4v) is 2.98. The third kappa shape index (κ3) is 6.25. The third-order valence-corrected chi connectivity index (χ3v) is 4.17. The monoisotopic (exact) mass is 300 g/mol. The Morgan fingerprint density at radius 3 is 2.60 bits per heavy atom. The molecule has 20 heavy (non-hydrogen) atoms. The number of sulfonamides is 1. The number of hydrogen-bond donors (Lipinski definition) is 2. The van der Waals surface area contributed by atoms with Crippen molar-refractivity contribution in [3.63, 3.8) is 0 Å². The number of nitrogens with one attached hydrogen (secondary N) is 2. The largest absolute Gasteiger partial charge is 0.495 e. The van der Waals surface area contributed by atoms with Gasteiger partial charge in [-0.2, -0.15) is 0 Å². The van der Waals surface area contributed by atoms with Crippen molar-refractivity contribution < 1.29 is 13.2 Å². The highest BCUT2D eigenvalue weighted by Gasteiger charge is 2.12. The van der Waals surface area contributed by atoms with E-state index in [4.69, 9.17) is 4.74 Å². The number of methoxy groups -OCH3 is 1. The van der Waals surface area contributed by atoms with Crippen molar-refractivity contribution in [2.45, 2.75) is 26.2 Å². The Hall–Kier alpha value is -1.27. The number of benzene rings is 1. The normalized spacial score (nSPS) is 11.3. The highest BCUT2D eigenvalue weighted by Crippen LogP contribution is 2.24. The van der Waals surface area contributed by atoms with E-state index in [-0.39, 0.29) is 5.75 Å². The Morgan fingerprint density at radius 1 is 1.15 bits per heavy atom. The van der Waals surface area contributed by atoms with Crippen LogP contribution in [-0.4, -0.2) is 34.4 Å². The summed E-state index contributed by atoms with van der Waals surface area (Å²) >= 11 is 0. The Balaban J connectivity index is 2.41. The first-order valence-electron chi connectivity index (χ1n) is 6.93. The van der Waals surface area contributed by atoms with Gasteiger partial charge in [0.1, 0.15) is 5.75 Å². The summed E-state index contributed by atoms with van der Waals surface area (Å²) in [6.07, 6.45) is 2.59. The number of unbranched alkanes of at least 4 members (excludes halogenated alkanes) is 1. The average molecular weight is 300 g/mol. The van der Waals surface area contributed by atoms with Gasteiger partial charge in [-0.05, 0) is 44.5 Å². The van der Waals surface area contributed by atoms with Crippen LogP contribution >= 0.6 is 0 Å². The van der Waals surface area contributed by atoms with Crippen LogP contribution in [0.15, 0.2) is 24.3 Å². The minimum absolute atomic E-state index is 0.124. The number of anilines is 1. The lowest BCUT2D eigenvalue weighted by atomic mass is 10.3. The van der Waals surface area contributed by atoms with Crippen LogP contribution in [0.4, 0.5) is 5.69 Å². The molecule has 0 spiro atoms. The molecule has 0 aliphatic carbocycles. The lowest BCUT2D eigenvalue weighted by Crippen LogP contribution is -2.20. The van der Waals surface area contributed by atoms with Crippen molar-refractivity contribution in [1.29, 1.82) is 0 Å². The van der Waals surface area contributed by atoms with Gasteiger partial charge in [0.25, 0.3) is 0 Å². The molecule has 0 heterocycles. The predicted octanol–water partition coefficient (Wildman–Crippen LogP) is 2.22. The summed E-state index contributed by atoms with van der Waals surface area (Å²) in [7, 11) is -1.80. The molecule has 0 radical (unpaired) electrons. The van der Waals surface area contributed by atoms with E-state index in [2.05, 4.69) is 17.0 Å². The van der Waals surface area contributed by atoms with Gasteiger partial charge in [0.05, 0.1) is 18.6 Å². The van der Waals surface area contributed by atoms with Gasteiger partial charge in [0.15, 0.2) is 0 Å². The average Bonchev–Trinajstić information content (AvgIpc) is 2.43. The van der Waals surface area contributed by atoms with Crippen LogP contribution in [0.5, 0.6) is 5.75 Å². The molecule has 1 rings (SSSR count). The molecule has 0 fully saturated rings. The Labute approximate surface area is 121 Å². The highest BCUT2D eigenvalue weighted by atomic mass is 32.2. The second-order valence-electron chi connectivity index (χ2n) is 4.58. The molecule has 0 saturated carbocycles. The van der Waals surface area contributed by atoms with Crippen LogP contribution in [0.25, 0.3) is 0 Å². The standard InChI is InChI=1S/C14H24N2O3S/c1-3-10-15-11-6-7-12-20(17,18)16-13-8-4-5-9-14(13)19-2/h4-5,8-9,15-16H,3,6-7,10-12H2,1-2H3. The molecule has 1 aromatic carbocycles. The lowest BCUT2D eigenvalue weighted by Gasteiger charge is -2.11. The first kappa shape index (κ1) is 16.8. The Kier molecular flexibility index (Phi) is 7.40. The van der Waals surface area contributed by atoms with E-state index in [9.17, 15) is 8.42 Å². The zero-order valence-electron chi connectivity index (χ0n) is 12.2. The Bertz CT molecular complexity index is 489. The van der Waals surface area contributed by atoms with Crippen molar-refractivity contribution >= 4 is 15.7 Å². The van der Waals surface area contributed by atoms with Crippen LogP contribution in [0.3, 0.4) is 0 Å². The first-order chi connectivity index (χ1) is 9.59. The Morgan fingerprint density at radius 2 is 1.90 bits per heavy atom. The topological polar surface area (TPSA) is 67.4 Å². The van der Waals surface area contributed by atoms with Crippen LogP contribution in [0.1, 0.15) is 26.2 Å². The third-order valence-electron chi connectivity index (χ3n) is 2.82. The highest BCUT2D eigenvalue weighted by molar-refractivity contribution is 7.92. The number of ether oxygens (including phenoxy) is 1. The smallest absolute Gasteiger partial charge is 0.232 e. The maximum absolute atomic E-state index is 12.0. The fourth-order valence-electron chi connectivity index (χ4n) is 1.79. The van der Waals surface area contributed by atoms with Crippen molar-refractivity contribution in [3.8, 4) is 5.75 Å². The molecule has 114 valence electrons. The molecule has 0 saturated heterocycles. The van der Waals surface area contributed by atoms with Gasteiger partial charge in [0, 0.05) is 0 Å². The van der Waals surface area contributed by atoms with Crippen LogP contribution in [0.2, 0.25) is 0 Å². The van der Waals surface area contributed by atoms with Gasteiger partial charge >= 0.3 is 0 Å². The summed E-state index contributed by atoms with van der Waals surface area (Å²) in [5.41, 5.74) is 0.485. The van der Waals surface area contributed by atoms with Gasteiger partial charge in [-0.25, -0.2) is 8.42 Å². The molecule has 0 atom stereocenters. The summed E-state index contributed by atoms with van der Waals surface area (Å²) in [6, 6.07) is 7.00. The number of hydrogen-bond acceptors (Lipinski definition) is 4. The summed E-state index contributed by atoms with van der Waals surface area (Å²) in [5, 5.41) is 3.25. The fraction of sp³-hybridized carbons (Fsp3) is 0.571. The number of rotatable bonds is 10. The molecule has 0 aliphatic heterocycles. The molecule has 0 amide bonds. The molecule has 0 bridgehead atoms. The minimum atomic E-state index is -3.32. The van der Waals surface area contributed by atoms with Crippen LogP contribution < -0.4 is 14.8 Å². The SMILES string of the molecule is CCCNCCCCS(=O)(=O)Nc1ccccc1OC. The molecule has 0 unspecified atom stereocenters. The van der Waals surface area contributed by atoms with E-state index in [0.717, 1.165) is 25.9 Å². The van der Waals surface area contributed by atoms with Crippen molar-refractivity contribution in [2.24, 2.45) is 0 Å². The predicted molar refractivity (Wildman–Crippen MR) is 82.8 cm³/mol. The first-order valence-corrected chi connectivity index (χ1v) is 8.58. The van der Waals surface area contributed by atoms with Crippen LogP contribution in [0, 0.1) is 0 Å². The molecule has 0 aromatic heterocycles. The van der Waals surface area contributed by atoms with E-state index in [1.54, 1.807) is 24.3 Å². The molecule has 6 heteroatoms. The minimum Gasteiger partial charge on any atom is -0.495 e. The summed E-state index contributed by atoms with van der Waals surface area (Å²) in [6.45, 7) is 3.94. The second kappa shape index (κ2) is 8.81. The van der Waals surface area contributed by atoms with E-state index >= 15 is 0 Å². The summed E-state index contributed by atoms with van der Waals surface area (Å²) < 4.78 is 31.6. The van der Waals surface area contributed by atoms with Crippen molar-refractivity contribution in [2.75, 3.05) is 30.7 Å². The van der Waals surface area contributed by atoms with E-state index < -0.39 is 10.0 Å². The lowest BCUT2D eigenvalue weighted by molar-refractivity contribution is 0.417. The van der Waals surface area contributed by atoms with E-state index in [0.29, 0.717) is 17.9 Å². The quantitative estimate of drug-likeness (QED) is 0.650. The molecular formula is C14H24N2O3S. The van der Waals surface area contributed by atoms with Gasteiger partial charge in [-0.3, -0.25) is 4.72 Å². The molecule has 1 aromatic rings. The van der Waals surface area contributed by atoms with Gasteiger partial charge in [0.2, 0.25) is 10.0 Å². The van der Waals surface area contributed by atoms with E-state index in [1.807, 2.05) is 0 Å². The maximum atomic E-state index is 12.0. The maximum Gasteiger partial charge on any atom is 0.232 e. The van der Waals surface area contributed by atoms with E-state index in [1.165, 1.54) is 7.11 Å². The molecule has 5 nitrogen and oxygen atoms in total. The van der Waals surface area contributed by atoms with Crippen molar-refractivity contribution in [3.05, 3.63) is 24.3 Å². The zero-order valence-corrected chi connectivity index (χ0v) is 13.0. The van der Waals surface area contributed by atoms with Crippen LogP contribution in [-0.2, 0) is 10.0 Å². The van der Waals surface area contributed by atoms with Gasteiger partial charge in [-0.1, -0.05) is 19.1 Å². The molecule has 2 N–H and O–H groups in total. The van der Waals surface area contributed by atoms with Crippen molar-refractivity contribution in [1.82, 2.24) is 5.32 Å². The number of para-hydroxylation sites is 2. The van der Waals surface area contributed by atoms with Gasteiger partial charge < -0.3 is 10.1 Å². The summed E-state index contributed by atoms with van der Waals surface area (Å²) in [5.74, 6) is 0.652. The second-order valence-corrected chi connectivity index (χ2v) is 6.42. The zero-order chi connectivity index (χ0) is 14.8.